The minimum Gasteiger partial charge on any atom is -0.328 e. The highest BCUT2D eigenvalue weighted by atomic mass is 16.2. The van der Waals surface area contributed by atoms with Crippen molar-refractivity contribution in [3.05, 3.63) is 12.2 Å². The van der Waals surface area contributed by atoms with Crippen molar-refractivity contribution in [1.82, 2.24) is 25.0 Å². The van der Waals surface area contributed by atoms with Gasteiger partial charge in [0, 0.05) is 20.1 Å². The molecule has 1 saturated carbocycles. The van der Waals surface area contributed by atoms with Gasteiger partial charge in [0.1, 0.15) is 12.2 Å². The molecule has 1 unspecified atom stereocenters. The Labute approximate surface area is 113 Å². The van der Waals surface area contributed by atoms with Gasteiger partial charge in [-0.05, 0) is 38.0 Å². The first-order chi connectivity index (χ1) is 9.10. The molecule has 1 saturated heterocycles. The molecule has 1 aliphatic carbocycles. The third kappa shape index (κ3) is 2.43. The lowest BCUT2D eigenvalue weighted by molar-refractivity contribution is 0.155. The molecule has 1 aliphatic heterocycles. The van der Waals surface area contributed by atoms with E-state index in [1.807, 2.05) is 18.9 Å². The Hall–Kier alpha value is -1.59. The van der Waals surface area contributed by atoms with Gasteiger partial charge < -0.3 is 10.2 Å². The average Bonchev–Trinajstić information content (AvgIpc) is 2.98. The highest BCUT2D eigenvalue weighted by molar-refractivity contribution is 5.74. The van der Waals surface area contributed by atoms with E-state index in [4.69, 9.17) is 0 Å². The van der Waals surface area contributed by atoms with Crippen molar-refractivity contribution < 1.29 is 4.79 Å². The van der Waals surface area contributed by atoms with Gasteiger partial charge in [0.05, 0.1) is 6.04 Å². The van der Waals surface area contributed by atoms with Crippen molar-refractivity contribution >= 4 is 6.03 Å². The molecule has 2 heterocycles. The van der Waals surface area contributed by atoms with E-state index >= 15 is 0 Å². The number of carbonyl (C=O) groups is 1. The number of rotatable bonds is 2. The Kier molecular flexibility index (Phi) is 2.95. The van der Waals surface area contributed by atoms with Crippen LogP contribution in [0.2, 0.25) is 0 Å². The number of nitrogens with one attached hydrogen (secondary N) is 1. The summed E-state index contributed by atoms with van der Waals surface area (Å²) >= 11 is 0. The summed E-state index contributed by atoms with van der Waals surface area (Å²) in [5, 5.41) is 7.05. The smallest absolute Gasteiger partial charge is 0.317 e. The van der Waals surface area contributed by atoms with Crippen molar-refractivity contribution in [2.45, 2.75) is 38.6 Å². The monoisotopic (exact) mass is 263 g/mol. The van der Waals surface area contributed by atoms with E-state index in [2.05, 4.69) is 15.4 Å². The number of hydrogen-bond acceptors (Lipinski definition) is 3. The Morgan fingerprint density at radius 2 is 2.26 bits per heavy atom. The normalized spacial score (nSPS) is 22.3. The molecule has 19 heavy (non-hydrogen) atoms. The second-order valence-corrected chi connectivity index (χ2v) is 5.94. The van der Waals surface area contributed by atoms with Crippen molar-refractivity contribution in [1.29, 1.82) is 0 Å². The maximum Gasteiger partial charge on any atom is 0.317 e. The summed E-state index contributed by atoms with van der Waals surface area (Å²) in [4.78, 5) is 18.4. The molecule has 1 spiro atoms. The van der Waals surface area contributed by atoms with E-state index in [0.29, 0.717) is 5.41 Å². The Balaban J connectivity index is 1.60. The van der Waals surface area contributed by atoms with Gasteiger partial charge in [-0.3, -0.25) is 4.68 Å². The number of hydrogen-bond donors (Lipinski definition) is 1. The third-order valence-corrected chi connectivity index (χ3v) is 4.38. The van der Waals surface area contributed by atoms with E-state index < -0.39 is 0 Å². The largest absolute Gasteiger partial charge is 0.328 e. The van der Waals surface area contributed by atoms with Gasteiger partial charge in [0.15, 0.2) is 0 Å². The summed E-state index contributed by atoms with van der Waals surface area (Å²) in [6.45, 7) is 3.74. The van der Waals surface area contributed by atoms with Crippen molar-refractivity contribution in [2.75, 3.05) is 13.1 Å². The number of amides is 2. The Bertz CT molecular complexity index is 479. The number of piperidine rings is 1. The second-order valence-electron chi connectivity index (χ2n) is 5.94. The maximum atomic E-state index is 12.3. The molecule has 1 aromatic heterocycles. The first-order valence-corrected chi connectivity index (χ1v) is 6.99. The number of aryl methyl sites for hydroxylation is 1. The molecule has 6 nitrogen and oxygen atoms in total. The third-order valence-electron chi connectivity index (χ3n) is 4.38. The molecule has 1 aromatic rings. The van der Waals surface area contributed by atoms with Gasteiger partial charge in [-0.2, -0.15) is 5.10 Å². The lowest BCUT2D eigenvalue weighted by atomic mass is 9.95. The van der Waals surface area contributed by atoms with Crippen LogP contribution < -0.4 is 5.32 Å². The fraction of sp³-hybridized carbons (Fsp3) is 0.769. The summed E-state index contributed by atoms with van der Waals surface area (Å²) < 4.78 is 1.70. The first kappa shape index (κ1) is 12.4. The minimum absolute atomic E-state index is 0.0291. The van der Waals surface area contributed by atoms with Crippen LogP contribution in [0.3, 0.4) is 0 Å². The van der Waals surface area contributed by atoms with Gasteiger partial charge >= 0.3 is 6.03 Å². The molecule has 2 aliphatic rings. The molecule has 0 radical (unpaired) electrons. The van der Waals surface area contributed by atoms with Crippen LogP contribution in [0.25, 0.3) is 0 Å². The number of aromatic nitrogens is 3. The zero-order valence-electron chi connectivity index (χ0n) is 11.6. The molecular formula is C13H21N5O. The summed E-state index contributed by atoms with van der Waals surface area (Å²) in [6, 6.07) is -0.0847. The SMILES string of the molecule is CC(NC(=O)N1CCCC2(CC2)C1)c1ncnn1C. The zero-order valence-corrected chi connectivity index (χ0v) is 11.6. The second kappa shape index (κ2) is 4.51. The van der Waals surface area contributed by atoms with Crippen LogP contribution in [-0.4, -0.2) is 38.8 Å². The van der Waals surface area contributed by atoms with Gasteiger partial charge in [0.2, 0.25) is 0 Å². The highest BCUT2D eigenvalue weighted by Crippen LogP contribution is 2.51. The summed E-state index contributed by atoms with van der Waals surface area (Å²) in [6.07, 6.45) is 6.50. The van der Waals surface area contributed by atoms with Crippen LogP contribution in [0.5, 0.6) is 0 Å². The van der Waals surface area contributed by atoms with E-state index in [9.17, 15) is 4.79 Å². The molecule has 1 N–H and O–H groups in total. The van der Waals surface area contributed by atoms with Crippen molar-refractivity contribution in [3.63, 3.8) is 0 Å². The first-order valence-electron chi connectivity index (χ1n) is 6.99. The standard InChI is InChI=1S/C13H21N5O/c1-10(11-14-9-15-17(11)2)16-12(19)18-7-3-4-13(8-18)5-6-13/h9-10H,3-8H2,1-2H3,(H,16,19). The van der Waals surface area contributed by atoms with Gasteiger partial charge in [-0.25, -0.2) is 9.78 Å². The van der Waals surface area contributed by atoms with Crippen molar-refractivity contribution in [2.24, 2.45) is 12.5 Å². The fourth-order valence-corrected chi connectivity index (χ4v) is 3.00. The topological polar surface area (TPSA) is 63.1 Å². The Morgan fingerprint density at radius 3 is 2.89 bits per heavy atom. The van der Waals surface area contributed by atoms with Crippen molar-refractivity contribution in [3.8, 4) is 0 Å². The van der Waals surface area contributed by atoms with Crippen LogP contribution in [0.15, 0.2) is 6.33 Å². The van der Waals surface area contributed by atoms with Crippen LogP contribution >= 0.6 is 0 Å². The molecule has 0 bridgehead atoms. The highest BCUT2D eigenvalue weighted by Gasteiger charge is 2.46. The summed E-state index contributed by atoms with van der Waals surface area (Å²) in [7, 11) is 1.84. The number of carbonyl (C=O) groups excluding carboxylic acids is 1. The quantitative estimate of drug-likeness (QED) is 0.878. The van der Waals surface area contributed by atoms with Gasteiger partial charge in [-0.1, -0.05) is 0 Å². The lowest BCUT2D eigenvalue weighted by Crippen LogP contribution is -2.47. The molecule has 2 amide bonds. The van der Waals surface area contributed by atoms with Crippen LogP contribution in [-0.2, 0) is 7.05 Å². The zero-order chi connectivity index (χ0) is 13.5. The Morgan fingerprint density at radius 1 is 1.47 bits per heavy atom. The number of urea groups is 1. The van der Waals surface area contributed by atoms with Gasteiger partial charge in [-0.15, -0.1) is 0 Å². The molecule has 0 aromatic carbocycles. The molecule has 3 rings (SSSR count). The van der Waals surface area contributed by atoms with Gasteiger partial charge in [0.25, 0.3) is 0 Å². The average molecular weight is 263 g/mol. The minimum atomic E-state index is -0.114. The molecule has 6 heteroatoms. The van der Waals surface area contributed by atoms with Crippen LogP contribution in [0.1, 0.15) is 44.5 Å². The maximum absolute atomic E-state index is 12.3. The molecule has 1 atom stereocenters. The van der Waals surface area contributed by atoms with Crippen LogP contribution in [0.4, 0.5) is 4.79 Å². The van der Waals surface area contributed by atoms with Crippen LogP contribution in [0, 0.1) is 5.41 Å². The summed E-state index contributed by atoms with van der Waals surface area (Å²) in [5.74, 6) is 0.784. The number of likely N-dealkylation sites (tertiary alicyclic amines) is 1. The predicted molar refractivity (Wildman–Crippen MR) is 70.4 cm³/mol. The summed E-state index contributed by atoms with van der Waals surface area (Å²) in [5.41, 5.74) is 0.462. The lowest BCUT2D eigenvalue weighted by Gasteiger charge is -2.33. The van der Waals surface area contributed by atoms with E-state index in [1.165, 1.54) is 25.6 Å². The number of nitrogens with zero attached hydrogens (tertiary/aromatic N) is 4. The fourth-order valence-electron chi connectivity index (χ4n) is 3.00. The van der Waals surface area contributed by atoms with E-state index in [-0.39, 0.29) is 12.1 Å². The molecule has 104 valence electrons. The molecule has 2 fully saturated rings. The molecular weight excluding hydrogens is 242 g/mol. The predicted octanol–water partition coefficient (Wildman–Crippen LogP) is 1.46. The van der Waals surface area contributed by atoms with E-state index in [0.717, 1.165) is 25.3 Å². The van der Waals surface area contributed by atoms with E-state index in [1.54, 1.807) is 4.68 Å².